The summed E-state index contributed by atoms with van der Waals surface area (Å²) in [5.74, 6) is 0. The largest absolute Gasteiger partial charge is 0.389 e. The smallest absolute Gasteiger partial charge is 0.107 e. The van der Waals surface area contributed by atoms with Gasteiger partial charge in [0.1, 0.15) is 4.99 Å². The predicted octanol–water partition coefficient (Wildman–Crippen LogP) is 2.01. The zero-order chi connectivity index (χ0) is 15.0. The van der Waals surface area contributed by atoms with Crippen molar-refractivity contribution in [3.63, 3.8) is 0 Å². The van der Waals surface area contributed by atoms with Gasteiger partial charge in [0.15, 0.2) is 0 Å². The molecule has 2 aromatic rings. The average molecular weight is 300 g/mol. The fourth-order valence-electron chi connectivity index (χ4n) is 3.01. The minimum absolute atomic E-state index is 0.413. The van der Waals surface area contributed by atoms with E-state index in [4.69, 9.17) is 18.0 Å². The first-order valence-corrected chi connectivity index (χ1v) is 7.57. The van der Waals surface area contributed by atoms with Crippen molar-refractivity contribution in [3.8, 4) is 0 Å². The van der Waals surface area contributed by atoms with Crippen molar-refractivity contribution in [2.24, 2.45) is 5.73 Å². The van der Waals surface area contributed by atoms with Crippen LogP contribution in [0.3, 0.4) is 0 Å². The molecule has 0 bridgehead atoms. The van der Waals surface area contributed by atoms with Crippen LogP contribution in [0.5, 0.6) is 0 Å². The summed E-state index contributed by atoms with van der Waals surface area (Å²) in [5.41, 5.74) is 8.92. The molecule has 2 heterocycles. The van der Waals surface area contributed by atoms with Crippen LogP contribution in [-0.2, 0) is 0 Å². The van der Waals surface area contributed by atoms with Gasteiger partial charge in [-0.1, -0.05) is 30.4 Å². The van der Waals surface area contributed by atoms with Crippen molar-refractivity contribution in [2.45, 2.75) is 12.5 Å². The number of fused-ring (bicyclic) bond motifs is 1. The maximum atomic E-state index is 5.92. The van der Waals surface area contributed by atoms with Crippen LogP contribution in [0.4, 0.5) is 5.69 Å². The molecule has 21 heavy (non-hydrogen) atoms. The van der Waals surface area contributed by atoms with Crippen molar-refractivity contribution in [3.05, 3.63) is 36.0 Å². The molecule has 1 saturated heterocycles. The van der Waals surface area contributed by atoms with Crippen molar-refractivity contribution >= 4 is 33.8 Å². The van der Waals surface area contributed by atoms with Crippen molar-refractivity contribution in [2.75, 3.05) is 32.1 Å². The first kappa shape index (κ1) is 14.2. The van der Waals surface area contributed by atoms with Gasteiger partial charge in [0.2, 0.25) is 0 Å². The second-order valence-corrected chi connectivity index (χ2v) is 6.19. The molecule has 1 aliphatic heterocycles. The molecule has 4 nitrogen and oxygen atoms in total. The zero-order valence-corrected chi connectivity index (χ0v) is 13.2. The number of anilines is 1. The number of rotatable bonds is 3. The van der Waals surface area contributed by atoms with Gasteiger partial charge >= 0.3 is 0 Å². The fraction of sp³-hybridized carbons (Fsp3) is 0.375. The normalized spacial score (nSPS) is 18.6. The Morgan fingerprint density at radius 3 is 2.81 bits per heavy atom. The molecule has 1 aromatic carbocycles. The third kappa shape index (κ3) is 2.59. The van der Waals surface area contributed by atoms with Crippen LogP contribution in [0.2, 0.25) is 0 Å². The van der Waals surface area contributed by atoms with Crippen LogP contribution in [0.15, 0.2) is 30.5 Å². The van der Waals surface area contributed by atoms with E-state index in [1.807, 2.05) is 24.4 Å². The molecule has 0 radical (unpaired) electrons. The van der Waals surface area contributed by atoms with Crippen molar-refractivity contribution < 1.29 is 0 Å². The first-order valence-electron chi connectivity index (χ1n) is 7.17. The number of benzene rings is 1. The molecular formula is C16H20N4S. The molecule has 0 spiro atoms. The number of para-hydroxylation sites is 1. The molecule has 5 heteroatoms. The van der Waals surface area contributed by atoms with Gasteiger partial charge < -0.3 is 15.5 Å². The van der Waals surface area contributed by atoms with Crippen LogP contribution in [0.25, 0.3) is 10.9 Å². The number of nitrogens with two attached hydrogens (primary N) is 1. The van der Waals surface area contributed by atoms with Gasteiger partial charge in [-0.15, -0.1) is 0 Å². The lowest BCUT2D eigenvalue weighted by atomic mass is 10.1. The van der Waals surface area contributed by atoms with E-state index in [1.54, 1.807) is 0 Å². The van der Waals surface area contributed by atoms with Gasteiger partial charge in [0.25, 0.3) is 0 Å². The molecule has 3 rings (SSSR count). The van der Waals surface area contributed by atoms with Gasteiger partial charge in [0, 0.05) is 30.7 Å². The number of likely N-dealkylation sites (N-methyl/N-ethyl adjacent to an activating group) is 1. The summed E-state index contributed by atoms with van der Waals surface area (Å²) in [6, 6.07) is 8.74. The summed E-state index contributed by atoms with van der Waals surface area (Å²) in [7, 11) is 4.26. The predicted molar refractivity (Wildman–Crippen MR) is 91.9 cm³/mol. The maximum absolute atomic E-state index is 5.92. The topological polar surface area (TPSA) is 45.4 Å². The van der Waals surface area contributed by atoms with Crippen LogP contribution in [0, 0.1) is 0 Å². The third-order valence-electron chi connectivity index (χ3n) is 4.22. The number of nitrogens with zero attached hydrogens (tertiary/aromatic N) is 3. The average Bonchev–Trinajstić information content (AvgIpc) is 2.95. The van der Waals surface area contributed by atoms with Crippen LogP contribution < -0.4 is 10.6 Å². The van der Waals surface area contributed by atoms with E-state index in [-0.39, 0.29) is 0 Å². The summed E-state index contributed by atoms with van der Waals surface area (Å²) >= 11 is 5.23. The quantitative estimate of drug-likeness (QED) is 0.879. The lowest BCUT2D eigenvalue weighted by Crippen LogP contribution is -2.32. The van der Waals surface area contributed by atoms with Gasteiger partial charge in [-0.2, -0.15) is 0 Å². The Labute approximate surface area is 130 Å². The van der Waals surface area contributed by atoms with Crippen molar-refractivity contribution in [1.29, 1.82) is 0 Å². The second-order valence-electron chi connectivity index (χ2n) is 5.75. The second kappa shape index (κ2) is 5.58. The van der Waals surface area contributed by atoms with Crippen LogP contribution >= 0.6 is 12.2 Å². The van der Waals surface area contributed by atoms with Gasteiger partial charge in [0.05, 0.1) is 16.8 Å². The summed E-state index contributed by atoms with van der Waals surface area (Å²) in [6.45, 7) is 2.02. The van der Waals surface area contributed by atoms with E-state index >= 15 is 0 Å². The van der Waals surface area contributed by atoms with E-state index in [2.05, 4.69) is 34.9 Å². The Balaban J connectivity index is 2.11. The van der Waals surface area contributed by atoms with E-state index in [0.29, 0.717) is 11.0 Å². The molecule has 1 aromatic heterocycles. The molecule has 1 unspecified atom stereocenters. The lowest BCUT2D eigenvalue weighted by molar-refractivity contribution is 0.315. The van der Waals surface area contributed by atoms with E-state index in [1.165, 1.54) is 0 Å². The minimum Gasteiger partial charge on any atom is -0.389 e. The summed E-state index contributed by atoms with van der Waals surface area (Å²) in [6.07, 6.45) is 2.96. The number of thiocarbonyl (C=S) groups is 1. The summed E-state index contributed by atoms with van der Waals surface area (Å²) in [5, 5.41) is 1.13. The maximum Gasteiger partial charge on any atom is 0.107 e. The Morgan fingerprint density at radius 1 is 1.38 bits per heavy atom. The highest BCUT2D eigenvalue weighted by atomic mass is 32.1. The van der Waals surface area contributed by atoms with E-state index < -0.39 is 0 Å². The Morgan fingerprint density at radius 2 is 2.14 bits per heavy atom. The number of hydrogen-bond donors (Lipinski definition) is 1. The fourth-order valence-corrected chi connectivity index (χ4v) is 3.16. The highest BCUT2D eigenvalue weighted by molar-refractivity contribution is 7.80. The van der Waals surface area contributed by atoms with Crippen molar-refractivity contribution in [1.82, 2.24) is 9.88 Å². The molecule has 2 N–H and O–H groups in total. The van der Waals surface area contributed by atoms with Gasteiger partial charge in [-0.3, -0.25) is 4.98 Å². The molecule has 1 aliphatic rings. The molecule has 110 valence electrons. The van der Waals surface area contributed by atoms with Crippen LogP contribution in [-0.4, -0.2) is 48.1 Å². The molecule has 1 fully saturated rings. The van der Waals surface area contributed by atoms with Crippen LogP contribution in [0.1, 0.15) is 12.0 Å². The Bertz CT molecular complexity index is 683. The van der Waals surface area contributed by atoms with E-state index in [9.17, 15) is 0 Å². The number of aromatic nitrogens is 1. The minimum atomic E-state index is 0.413. The molecule has 0 saturated carbocycles. The number of pyridine rings is 1. The summed E-state index contributed by atoms with van der Waals surface area (Å²) in [4.78, 5) is 9.57. The highest BCUT2D eigenvalue weighted by Crippen LogP contribution is 2.32. The number of hydrogen-bond acceptors (Lipinski definition) is 4. The molecule has 0 amide bonds. The third-order valence-corrected chi connectivity index (χ3v) is 4.44. The van der Waals surface area contributed by atoms with E-state index in [0.717, 1.165) is 41.7 Å². The molecule has 0 aliphatic carbocycles. The first-order chi connectivity index (χ1) is 10.1. The standard InChI is InChI=1S/C16H20N4S/c1-19(2)11-7-8-20(10-11)15-12-5-3-4-6-14(12)18-9-13(15)16(17)21/h3-6,9,11H,7-8,10H2,1-2H3,(H2,17,21). The Kier molecular flexibility index (Phi) is 3.78. The summed E-state index contributed by atoms with van der Waals surface area (Å²) < 4.78 is 0. The monoisotopic (exact) mass is 300 g/mol. The molecule has 1 atom stereocenters. The lowest BCUT2D eigenvalue weighted by Gasteiger charge is -2.25. The SMILES string of the molecule is CN(C)C1CCN(c2c(C(N)=S)cnc3ccccc23)C1. The molecular weight excluding hydrogens is 280 g/mol. The highest BCUT2D eigenvalue weighted by Gasteiger charge is 2.27. The zero-order valence-electron chi connectivity index (χ0n) is 12.4. The Hall–Kier alpha value is -1.72. The van der Waals surface area contributed by atoms with Gasteiger partial charge in [-0.05, 0) is 26.6 Å². The van der Waals surface area contributed by atoms with Gasteiger partial charge in [-0.25, -0.2) is 0 Å².